The molecule has 0 aromatic heterocycles. The molecule has 0 aromatic rings. The van der Waals surface area contributed by atoms with E-state index in [0.29, 0.717) is 6.04 Å². The molecule has 3 rings (SSSR count). The molecule has 5 unspecified atom stereocenters. The Morgan fingerprint density at radius 3 is 2.06 bits per heavy atom. The van der Waals surface area contributed by atoms with Crippen LogP contribution in [0.4, 0.5) is 0 Å². The quantitative estimate of drug-likeness (QED) is 0.759. The summed E-state index contributed by atoms with van der Waals surface area (Å²) >= 11 is 0. The molecule has 3 saturated carbocycles. The van der Waals surface area contributed by atoms with Crippen molar-refractivity contribution in [3.8, 4) is 0 Å². The summed E-state index contributed by atoms with van der Waals surface area (Å²) in [5.74, 6) is 5.69. The van der Waals surface area contributed by atoms with Gasteiger partial charge in [0, 0.05) is 6.04 Å². The smallest absolute Gasteiger partial charge is 0.0101 e. The van der Waals surface area contributed by atoms with Crippen molar-refractivity contribution in [3.05, 3.63) is 0 Å². The predicted molar refractivity (Wildman–Crippen MR) is 68.0 cm³/mol. The second-order valence-corrected chi connectivity index (χ2v) is 7.09. The van der Waals surface area contributed by atoms with Gasteiger partial charge in [-0.2, -0.15) is 0 Å². The van der Waals surface area contributed by atoms with Crippen LogP contribution in [0.2, 0.25) is 0 Å². The minimum absolute atomic E-state index is 0.542. The van der Waals surface area contributed by atoms with E-state index in [-0.39, 0.29) is 0 Å². The van der Waals surface area contributed by atoms with Crippen LogP contribution in [0.15, 0.2) is 0 Å². The molecule has 1 heteroatoms. The van der Waals surface area contributed by atoms with Crippen molar-refractivity contribution in [1.82, 2.24) is 0 Å². The van der Waals surface area contributed by atoms with Crippen LogP contribution in [0.5, 0.6) is 0 Å². The van der Waals surface area contributed by atoms with E-state index < -0.39 is 0 Å². The molecule has 5 atom stereocenters. The van der Waals surface area contributed by atoms with Crippen molar-refractivity contribution >= 4 is 0 Å². The largest absolute Gasteiger partial charge is 0.327 e. The Morgan fingerprint density at radius 1 is 0.938 bits per heavy atom. The van der Waals surface area contributed by atoms with E-state index in [9.17, 15) is 0 Å². The molecule has 16 heavy (non-hydrogen) atoms. The molecular weight excluding hydrogens is 194 g/mol. The second-order valence-electron chi connectivity index (χ2n) is 7.09. The van der Waals surface area contributed by atoms with Crippen LogP contribution in [0.25, 0.3) is 0 Å². The highest BCUT2D eigenvalue weighted by molar-refractivity contribution is 5.07. The molecule has 3 fully saturated rings. The molecule has 0 saturated heterocycles. The third-order valence-electron chi connectivity index (χ3n) is 5.68. The van der Waals surface area contributed by atoms with Crippen LogP contribution in [-0.4, -0.2) is 6.04 Å². The normalized spacial score (nSPS) is 53.4. The zero-order valence-corrected chi connectivity index (χ0v) is 10.9. The zero-order valence-electron chi connectivity index (χ0n) is 10.9. The lowest BCUT2D eigenvalue weighted by Gasteiger charge is -2.35. The van der Waals surface area contributed by atoms with Crippen LogP contribution < -0.4 is 5.73 Å². The molecule has 0 aliphatic heterocycles. The first-order chi connectivity index (χ1) is 7.66. The molecule has 92 valence electrons. The van der Waals surface area contributed by atoms with Crippen molar-refractivity contribution in [2.75, 3.05) is 0 Å². The molecular formula is C15H27N. The Bertz CT molecular complexity index is 242. The topological polar surface area (TPSA) is 26.0 Å². The SMILES string of the molecule is CC1CC(C)CC(C(N)C2C3CCCC32)C1. The fourth-order valence-corrected chi connectivity index (χ4v) is 5.09. The molecule has 0 heterocycles. The highest BCUT2D eigenvalue weighted by atomic mass is 14.8. The van der Waals surface area contributed by atoms with Gasteiger partial charge < -0.3 is 5.73 Å². The minimum Gasteiger partial charge on any atom is -0.327 e. The van der Waals surface area contributed by atoms with Gasteiger partial charge in [0.05, 0.1) is 0 Å². The van der Waals surface area contributed by atoms with Crippen LogP contribution in [0.1, 0.15) is 52.4 Å². The van der Waals surface area contributed by atoms with E-state index in [1.165, 1.54) is 38.5 Å². The van der Waals surface area contributed by atoms with Gasteiger partial charge in [-0.3, -0.25) is 0 Å². The summed E-state index contributed by atoms with van der Waals surface area (Å²) in [7, 11) is 0. The lowest BCUT2D eigenvalue weighted by atomic mass is 9.72. The molecule has 0 bridgehead atoms. The van der Waals surface area contributed by atoms with E-state index in [1.807, 2.05) is 0 Å². The summed E-state index contributed by atoms with van der Waals surface area (Å²) < 4.78 is 0. The van der Waals surface area contributed by atoms with Crippen molar-refractivity contribution < 1.29 is 0 Å². The summed E-state index contributed by atoms with van der Waals surface area (Å²) in [6.07, 6.45) is 8.70. The second kappa shape index (κ2) is 4.01. The van der Waals surface area contributed by atoms with Gasteiger partial charge in [0.2, 0.25) is 0 Å². The van der Waals surface area contributed by atoms with Gasteiger partial charge in [-0.25, -0.2) is 0 Å². The summed E-state index contributed by atoms with van der Waals surface area (Å²) in [5, 5.41) is 0. The fourth-order valence-electron chi connectivity index (χ4n) is 5.09. The molecule has 3 aliphatic carbocycles. The van der Waals surface area contributed by atoms with E-state index in [2.05, 4.69) is 13.8 Å². The maximum Gasteiger partial charge on any atom is 0.0101 e. The third-order valence-corrected chi connectivity index (χ3v) is 5.68. The van der Waals surface area contributed by atoms with Gasteiger partial charge in [0.15, 0.2) is 0 Å². The van der Waals surface area contributed by atoms with Gasteiger partial charge in [-0.1, -0.05) is 20.3 Å². The van der Waals surface area contributed by atoms with Crippen LogP contribution in [-0.2, 0) is 0 Å². The third kappa shape index (κ3) is 1.81. The summed E-state index contributed by atoms with van der Waals surface area (Å²) in [5.41, 5.74) is 6.57. The first-order valence-electron chi connectivity index (χ1n) is 7.42. The summed E-state index contributed by atoms with van der Waals surface area (Å²) in [6, 6.07) is 0.542. The minimum atomic E-state index is 0.542. The zero-order chi connectivity index (χ0) is 11.3. The highest BCUT2D eigenvalue weighted by Crippen LogP contribution is 2.60. The standard InChI is InChI=1S/C15H27N/c1-9-6-10(2)8-11(7-9)15(16)14-12-4-3-5-13(12)14/h9-15H,3-8,16H2,1-2H3. The van der Waals surface area contributed by atoms with Crippen LogP contribution in [0, 0.1) is 35.5 Å². The van der Waals surface area contributed by atoms with Crippen LogP contribution in [0.3, 0.4) is 0 Å². The Kier molecular flexibility index (Phi) is 2.78. The van der Waals surface area contributed by atoms with Crippen molar-refractivity contribution in [1.29, 1.82) is 0 Å². The van der Waals surface area contributed by atoms with E-state index >= 15 is 0 Å². The molecule has 0 aromatic carbocycles. The first-order valence-corrected chi connectivity index (χ1v) is 7.42. The molecule has 0 amide bonds. The average Bonchev–Trinajstić information content (AvgIpc) is 2.68. The Hall–Kier alpha value is -0.0400. The molecule has 3 aliphatic rings. The Labute approximate surface area is 100 Å². The average molecular weight is 221 g/mol. The maximum absolute atomic E-state index is 6.57. The monoisotopic (exact) mass is 221 g/mol. The van der Waals surface area contributed by atoms with E-state index in [4.69, 9.17) is 5.73 Å². The highest BCUT2D eigenvalue weighted by Gasteiger charge is 2.56. The van der Waals surface area contributed by atoms with Crippen molar-refractivity contribution in [3.63, 3.8) is 0 Å². The number of fused-ring (bicyclic) bond motifs is 1. The first kappa shape index (κ1) is 11.1. The number of hydrogen-bond donors (Lipinski definition) is 1. The predicted octanol–water partition coefficient (Wildman–Crippen LogP) is 3.43. The number of nitrogens with two attached hydrogens (primary N) is 1. The molecule has 1 nitrogen and oxygen atoms in total. The maximum atomic E-state index is 6.57. The van der Waals surface area contributed by atoms with Gasteiger partial charge in [-0.15, -0.1) is 0 Å². The lowest BCUT2D eigenvalue weighted by Crippen LogP contribution is -2.38. The van der Waals surface area contributed by atoms with Gasteiger partial charge >= 0.3 is 0 Å². The summed E-state index contributed by atoms with van der Waals surface area (Å²) in [4.78, 5) is 0. The van der Waals surface area contributed by atoms with Gasteiger partial charge in [-0.05, 0) is 67.6 Å². The van der Waals surface area contributed by atoms with Gasteiger partial charge in [0.1, 0.15) is 0 Å². The van der Waals surface area contributed by atoms with Gasteiger partial charge in [0.25, 0.3) is 0 Å². The van der Waals surface area contributed by atoms with Crippen LogP contribution >= 0.6 is 0 Å². The molecule has 2 N–H and O–H groups in total. The lowest BCUT2D eigenvalue weighted by molar-refractivity contribution is 0.177. The van der Waals surface area contributed by atoms with Crippen molar-refractivity contribution in [2.45, 2.75) is 58.4 Å². The molecule has 0 radical (unpaired) electrons. The number of rotatable bonds is 2. The Morgan fingerprint density at radius 2 is 1.50 bits per heavy atom. The Balaban J connectivity index is 1.60. The molecule has 0 spiro atoms. The van der Waals surface area contributed by atoms with Crippen molar-refractivity contribution in [2.24, 2.45) is 41.2 Å². The fraction of sp³-hybridized carbons (Fsp3) is 1.00. The van der Waals surface area contributed by atoms with E-state index in [1.54, 1.807) is 0 Å². The van der Waals surface area contributed by atoms with E-state index in [0.717, 1.165) is 35.5 Å². The number of hydrogen-bond acceptors (Lipinski definition) is 1. The summed E-state index contributed by atoms with van der Waals surface area (Å²) in [6.45, 7) is 4.84.